The van der Waals surface area contributed by atoms with Crippen molar-refractivity contribution >= 4 is 57.8 Å². The third kappa shape index (κ3) is 3.66. The third-order valence-electron chi connectivity index (χ3n) is 3.97. The van der Waals surface area contributed by atoms with Crippen LogP contribution in [0.5, 0.6) is 5.75 Å². The zero-order valence-electron chi connectivity index (χ0n) is 15.2. The molecular formula is C19H21NO3S3. The summed E-state index contributed by atoms with van der Waals surface area (Å²) in [4.78, 5) is 13.5. The van der Waals surface area contributed by atoms with E-state index in [1.165, 1.54) is 23.5 Å². The number of hydrogen-bond donors (Lipinski definition) is 1. The van der Waals surface area contributed by atoms with E-state index in [0.29, 0.717) is 18.1 Å². The molecule has 3 rings (SSSR count). The van der Waals surface area contributed by atoms with Crippen molar-refractivity contribution < 1.29 is 14.3 Å². The molecule has 0 radical (unpaired) electrons. The zero-order chi connectivity index (χ0) is 18.9. The lowest BCUT2D eigenvalue weighted by Gasteiger charge is -2.37. The van der Waals surface area contributed by atoms with E-state index >= 15 is 0 Å². The smallest absolute Gasteiger partial charge is 0.345 e. The minimum Gasteiger partial charge on any atom is -0.494 e. The fraction of sp³-hybridized carbons (Fsp3) is 0.368. The maximum absolute atomic E-state index is 12.1. The second-order valence-electron chi connectivity index (χ2n) is 6.30. The summed E-state index contributed by atoms with van der Waals surface area (Å²) in [5, 5.41) is 5.35. The maximum atomic E-state index is 12.1. The predicted octanol–water partition coefficient (Wildman–Crippen LogP) is 5.21. The molecule has 26 heavy (non-hydrogen) atoms. The number of thiocarbonyl (C=S) groups is 1. The quantitative estimate of drug-likeness (QED) is 0.417. The summed E-state index contributed by atoms with van der Waals surface area (Å²) in [6.45, 7) is 8.87. The summed E-state index contributed by atoms with van der Waals surface area (Å²) < 4.78 is 11.8. The molecule has 1 N–H and O–H groups in total. The molecule has 1 aromatic carbocycles. The Hall–Kier alpha value is -1.44. The molecule has 0 atom stereocenters. The lowest BCUT2D eigenvalue weighted by Crippen LogP contribution is -2.43. The van der Waals surface area contributed by atoms with Crippen molar-refractivity contribution in [2.24, 2.45) is 0 Å². The third-order valence-corrected chi connectivity index (χ3v) is 7.04. The van der Waals surface area contributed by atoms with Gasteiger partial charge in [0.15, 0.2) is 0 Å². The highest BCUT2D eigenvalue weighted by Crippen LogP contribution is 2.51. The summed E-state index contributed by atoms with van der Waals surface area (Å²) in [5.41, 5.74) is 2.66. The molecule has 1 aromatic rings. The van der Waals surface area contributed by atoms with Crippen LogP contribution < -0.4 is 10.1 Å². The SMILES string of the molecule is CCOC(=O)C1=CS/C(=C2/C(=S)C(C)(C)Nc3ccc(OCC)cc32)S1. The second-order valence-corrected chi connectivity index (χ2v) is 8.90. The van der Waals surface area contributed by atoms with Gasteiger partial charge in [-0.2, -0.15) is 0 Å². The van der Waals surface area contributed by atoms with Gasteiger partial charge in [-0.05, 0) is 51.3 Å². The van der Waals surface area contributed by atoms with Gasteiger partial charge in [0, 0.05) is 21.7 Å². The number of benzene rings is 1. The fourth-order valence-corrected chi connectivity index (χ4v) is 5.41. The average molecular weight is 408 g/mol. The lowest BCUT2D eigenvalue weighted by atomic mass is 9.85. The highest BCUT2D eigenvalue weighted by Gasteiger charge is 2.37. The largest absolute Gasteiger partial charge is 0.494 e. The minimum atomic E-state index is -0.356. The molecule has 0 aliphatic carbocycles. The van der Waals surface area contributed by atoms with Gasteiger partial charge >= 0.3 is 5.97 Å². The van der Waals surface area contributed by atoms with Gasteiger partial charge < -0.3 is 14.8 Å². The number of esters is 1. The van der Waals surface area contributed by atoms with Crippen molar-refractivity contribution in [3.8, 4) is 5.75 Å². The van der Waals surface area contributed by atoms with Crippen molar-refractivity contribution in [3.05, 3.63) is 38.3 Å². The molecule has 0 saturated carbocycles. The predicted molar refractivity (Wildman–Crippen MR) is 115 cm³/mol. The standard InChI is InChI=1S/C19H21NO3S3/c1-5-22-11-7-8-13-12(9-11)15(16(24)19(3,4)20-13)18-25-10-14(26-18)17(21)23-6-2/h7-10,20H,5-6H2,1-4H3/b18-15-. The highest BCUT2D eigenvalue weighted by atomic mass is 32.2. The molecule has 0 aromatic heterocycles. The molecule has 7 heteroatoms. The Labute approximate surface area is 167 Å². The number of anilines is 1. The first-order valence-electron chi connectivity index (χ1n) is 8.43. The van der Waals surface area contributed by atoms with Crippen molar-refractivity contribution in [3.63, 3.8) is 0 Å². The van der Waals surface area contributed by atoms with E-state index in [1.54, 1.807) is 6.92 Å². The van der Waals surface area contributed by atoms with Gasteiger partial charge in [-0.1, -0.05) is 35.7 Å². The van der Waals surface area contributed by atoms with E-state index in [0.717, 1.165) is 31.7 Å². The van der Waals surface area contributed by atoms with Crippen molar-refractivity contribution in [2.45, 2.75) is 33.2 Å². The lowest BCUT2D eigenvalue weighted by molar-refractivity contribution is -0.137. The first-order valence-corrected chi connectivity index (χ1v) is 10.5. The second kappa shape index (κ2) is 7.66. The summed E-state index contributed by atoms with van der Waals surface area (Å²) in [6, 6.07) is 5.99. The summed E-state index contributed by atoms with van der Waals surface area (Å²) in [7, 11) is 0. The number of thioether (sulfide) groups is 2. The topological polar surface area (TPSA) is 47.6 Å². The van der Waals surface area contributed by atoms with Crippen LogP contribution in [0.1, 0.15) is 33.3 Å². The molecule has 2 heterocycles. The van der Waals surface area contributed by atoms with Gasteiger partial charge in [0.05, 0.1) is 23.0 Å². The molecule has 0 fully saturated rings. The van der Waals surface area contributed by atoms with Crippen LogP contribution in [-0.2, 0) is 9.53 Å². The van der Waals surface area contributed by atoms with Crippen LogP contribution in [0.15, 0.2) is 32.7 Å². The Morgan fingerprint density at radius 1 is 1.27 bits per heavy atom. The first-order chi connectivity index (χ1) is 12.4. The number of hydrogen-bond acceptors (Lipinski definition) is 7. The van der Waals surface area contributed by atoms with Crippen molar-refractivity contribution in [1.82, 2.24) is 0 Å². The van der Waals surface area contributed by atoms with E-state index in [2.05, 4.69) is 19.2 Å². The Bertz CT molecular complexity index is 827. The van der Waals surface area contributed by atoms with E-state index in [1.807, 2.05) is 30.5 Å². The van der Waals surface area contributed by atoms with E-state index < -0.39 is 0 Å². The molecule has 2 aliphatic rings. The van der Waals surface area contributed by atoms with Gasteiger partial charge in [0.2, 0.25) is 0 Å². The summed E-state index contributed by atoms with van der Waals surface area (Å²) in [6.07, 6.45) is 0. The summed E-state index contributed by atoms with van der Waals surface area (Å²) >= 11 is 8.76. The van der Waals surface area contributed by atoms with Gasteiger partial charge in [-0.25, -0.2) is 4.79 Å². The Morgan fingerprint density at radius 3 is 2.73 bits per heavy atom. The van der Waals surface area contributed by atoms with Gasteiger partial charge in [0.25, 0.3) is 0 Å². The normalized spacial score (nSPS) is 20.9. The van der Waals surface area contributed by atoms with Gasteiger partial charge in [-0.15, -0.1) is 0 Å². The number of ether oxygens (including phenoxy) is 2. The van der Waals surface area contributed by atoms with Crippen LogP contribution in [0.2, 0.25) is 0 Å². The van der Waals surface area contributed by atoms with E-state index in [4.69, 9.17) is 21.7 Å². The molecule has 0 saturated heterocycles. The monoisotopic (exact) mass is 407 g/mol. The molecule has 2 aliphatic heterocycles. The van der Waals surface area contributed by atoms with Crippen molar-refractivity contribution in [2.75, 3.05) is 18.5 Å². The molecule has 138 valence electrons. The van der Waals surface area contributed by atoms with Crippen LogP contribution in [0.4, 0.5) is 5.69 Å². The number of rotatable bonds is 4. The molecule has 0 bridgehead atoms. The van der Waals surface area contributed by atoms with Gasteiger partial charge in [-0.3, -0.25) is 0 Å². The van der Waals surface area contributed by atoms with Crippen LogP contribution in [0.3, 0.4) is 0 Å². The van der Waals surface area contributed by atoms with Crippen LogP contribution in [-0.4, -0.2) is 29.6 Å². The molecule has 0 spiro atoms. The number of carbonyl (C=O) groups excluding carboxylic acids is 1. The minimum absolute atomic E-state index is 0.289. The highest BCUT2D eigenvalue weighted by molar-refractivity contribution is 8.28. The molecule has 4 nitrogen and oxygen atoms in total. The van der Waals surface area contributed by atoms with Gasteiger partial charge in [0.1, 0.15) is 10.7 Å². The Balaban J connectivity index is 2.05. The number of carbonyl (C=O) groups is 1. The maximum Gasteiger partial charge on any atom is 0.345 e. The first kappa shape index (κ1) is 19.3. The molecule has 0 amide bonds. The van der Waals surface area contributed by atoms with Crippen LogP contribution in [0, 0.1) is 0 Å². The Morgan fingerprint density at radius 2 is 2.04 bits per heavy atom. The molecular weight excluding hydrogens is 386 g/mol. The number of nitrogens with one attached hydrogen (secondary N) is 1. The number of fused-ring (bicyclic) bond motifs is 1. The Kier molecular flexibility index (Phi) is 5.69. The summed E-state index contributed by atoms with van der Waals surface area (Å²) in [5.74, 6) is 0.517. The molecule has 0 unspecified atom stereocenters. The van der Waals surface area contributed by atoms with Crippen molar-refractivity contribution in [1.29, 1.82) is 0 Å². The van der Waals surface area contributed by atoms with E-state index in [9.17, 15) is 4.79 Å². The fourth-order valence-electron chi connectivity index (χ4n) is 2.78. The zero-order valence-corrected chi connectivity index (χ0v) is 17.6. The average Bonchev–Trinajstić information content (AvgIpc) is 3.06. The van der Waals surface area contributed by atoms with Crippen LogP contribution >= 0.6 is 35.7 Å². The van der Waals surface area contributed by atoms with E-state index in [-0.39, 0.29) is 11.5 Å². The van der Waals surface area contributed by atoms with Crippen LogP contribution in [0.25, 0.3) is 5.57 Å².